The number of benzene rings is 1. The van der Waals surface area contributed by atoms with Gasteiger partial charge in [-0.05, 0) is 38.5 Å². The van der Waals surface area contributed by atoms with Crippen LogP contribution in [0.2, 0.25) is 0 Å². The van der Waals surface area contributed by atoms with Crippen LogP contribution in [0.3, 0.4) is 0 Å². The Balaban J connectivity index is 0.00000161. The highest BCUT2D eigenvalue weighted by Gasteiger charge is 2.42. The van der Waals surface area contributed by atoms with Crippen molar-refractivity contribution < 1.29 is 4.74 Å². The Morgan fingerprint density at radius 1 is 1.33 bits per heavy atom. The molecule has 114 valence electrons. The van der Waals surface area contributed by atoms with E-state index in [9.17, 15) is 4.79 Å². The van der Waals surface area contributed by atoms with Gasteiger partial charge in [-0.2, -0.15) is 0 Å². The van der Waals surface area contributed by atoms with Crippen LogP contribution in [0.5, 0.6) is 5.75 Å². The monoisotopic (exact) mass is 308 g/mol. The van der Waals surface area contributed by atoms with Gasteiger partial charge in [0.05, 0.1) is 5.52 Å². The Hall–Kier alpha value is -1.52. The Bertz CT molecular complexity index is 769. The highest BCUT2D eigenvalue weighted by molar-refractivity contribution is 5.90. The number of pyridine rings is 1. The van der Waals surface area contributed by atoms with Gasteiger partial charge in [0.25, 0.3) is 5.56 Å². The van der Waals surface area contributed by atoms with Crippen molar-refractivity contribution in [3.05, 3.63) is 39.2 Å². The van der Waals surface area contributed by atoms with Crippen LogP contribution in [0.25, 0.3) is 10.9 Å². The van der Waals surface area contributed by atoms with E-state index in [1.165, 1.54) is 5.56 Å². The van der Waals surface area contributed by atoms with E-state index in [1.807, 2.05) is 26.8 Å². The molecule has 0 amide bonds. The van der Waals surface area contributed by atoms with Crippen molar-refractivity contribution in [3.8, 4) is 5.75 Å². The molecule has 0 saturated carbocycles. The fraction of sp³-hybridized carbons (Fsp3) is 0.438. The second-order valence-electron chi connectivity index (χ2n) is 6.02. The first-order valence-corrected chi connectivity index (χ1v) is 6.93. The van der Waals surface area contributed by atoms with E-state index in [-0.39, 0.29) is 29.5 Å². The first-order valence-electron chi connectivity index (χ1n) is 6.93. The summed E-state index contributed by atoms with van der Waals surface area (Å²) in [6.07, 6.45) is 0. The van der Waals surface area contributed by atoms with Crippen molar-refractivity contribution in [1.82, 2.24) is 4.98 Å². The third-order valence-corrected chi connectivity index (χ3v) is 4.62. The number of nitrogens with two attached hydrogens (primary N) is 1. The van der Waals surface area contributed by atoms with E-state index < -0.39 is 0 Å². The van der Waals surface area contributed by atoms with Gasteiger partial charge in [0, 0.05) is 29.0 Å². The Morgan fingerprint density at radius 3 is 2.62 bits per heavy atom. The molecule has 1 aromatic carbocycles. The largest absolute Gasteiger partial charge is 0.485 e. The lowest BCUT2D eigenvalue weighted by molar-refractivity contribution is 0.105. The summed E-state index contributed by atoms with van der Waals surface area (Å²) in [5.41, 5.74) is 9.25. The lowest BCUT2D eigenvalue weighted by atomic mass is 9.86. The molecule has 1 aromatic heterocycles. The zero-order chi connectivity index (χ0) is 14.7. The molecule has 21 heavy (non-hydrogen) atoms. The quantitative estimate of drug-likeness (QED) is 0.851. The molecule has 0 spiro atoms. The van der Waals surface area contributed by atoms with E-state index in [0.29, 0.717) is 12.1 Å². The second kappa shape index (κ2) is 5.04. The van der Waals surface area contributed by atoms with E-state index in [1.54, 1.807) is 0 Å². The van der Waals surface area contributed by atoms with Crippen molar-refractivity contribution >= 4 is 23.3 Å². The van der Waals surface area contributed by atoms with E-state index in [0.717, 1.165) is 22.2 Å². The summed E-state index contributed by atoms with van der Waals surface area (Å²) in [7, 11) is 0. The summed E-state index contributed by atoms with van der Waals surface area (Å²) < 4.78 is 6.17. The molecule has 0 fully saturated rings. The molecule has 0 saturated heterocycles. The van der Waals surface area contributed by atoms with E-state index in [4.69, 9.17) is 10.5 Å². The molecular weight excluding hydrogens is 288 g/mol. The first kappa shape index (κ1) is 15.9. The maximum absolute atomic E-state index is 11.8. The molecular formula is C16H21ClN2O2. The van der Waals surface area contributed by atoms with Crippen LogP contribution < -0.4 is 16.0 Å². The smallest absolute Gasteiger partial charge is 0.251 e. The maximum atomic E-state index is 11.8. The highest BCUT2D eigenvalue weighted by Crippen LogP contribution is 2.48. The van der Waals surface area contributed by atoms with Crippen molar-refractivity contribution in [1.29, 1.82) is 0 Å². The second-order valence-corrected chi connectivity index (χ2v) is 6.02. The zero-order valence-electron chi connectivity index (χ0n) is 12.7. The summed E-state index contributed by atoms with van der Waals surface area (Å²) in [6.45, 7) is 8.47. The van der Waals surface area contributed by atoms with Gasteiger partial charge in [-0.1, -0.05) is 6.92 Å². The van der Waals surface area contributed by atoms with Crippen molar-refractivity contribution in [2.24, 2.45) is 5.73 Å². The molecule has 2 atom stereocenters. The lowest BCUT2D eigenvalue weighted by Gasteiger charge is -2.26. The number of rotatable bonds is 1. The Kier molecular flexibility index (Phi) is 3.80. The zero-order valence-corrected chi connectivity index (χ0v) is 13.6. The van der Waals surface area contributed by atoms with Gasteiger partial charge in [0.15, 0.2) is 0 Å². The van der Waals surface area contributed by atoms with Gasteiger partial charge in [-0.15, -0.1) is 12.4 Å². The Morgan fingerprint density at radius 2 is 2.00 bits per heavy atom. The third kappa shape index (κ3) is 2.14. The first-order chi connectivity index (χ1) is 9.37. The average Bonchev–Trinajstić information content (AvgIpc) is 2.67. The van der Waals surface area contributed by atoms with Gasteiger partial charge < -0.3 is 15.5 Å². The number of aromatic amines is 1. The fourth-order valence-corrected chi connectivity index (χ4v) is 2.95. The summed E-state index contributed by atoms with van der Waals surface area (Å²) in [5.74, 6) is 1.10. The van der Waals surface area contributed by atoms with Gasteiger partial charge in [-0.25, -0.2) is 0 Å². The highest BCUT2D eigenvalue weighted by atomic mass is 35.5. The molecule has 0 radical (unpaired) electrons. The summed E-state index contributed by atoms with van der Waals surface area (Å²) in [6, 6.07) is 4.02. The van der Waals surface area contributed by atoms with Crippen LogP contribution >= 0.6 is 12.4 Å². The molecule has 3 N–H and O–H groups in total. The third-order valence-electron chi connectivity index (χ3n) is 4.62. The molecule has 1 aliphatic rings. The molecule has 2 heterocycles. The van der Waals surface area contributed by atoms with Crippen LogP contribution in [-0.2, 0) is 0 Å². The molecule has 1 aliphatic heterocycles. The number of nitrogens with one attached hydrogen (secondary N) is 1. The number of H-pyrrole nitrogens is 1. The van der Waals surface area contributed by atoms with E-state index in [2.05, 4.69) is 18.0 Å². The van der Waals surface area contributed by atoms with Gasteiger partial charge in [-0.3, -0.25) is 4.79 Å². The minimum absolute atomic E-state index is 0. The predicted octanol–water partition coefficient (Wildman–Crippen LogP) is 2.78. The van der Waals surface area contributed by atoms with Gasteiger partial charge in [0.2, 0.25) is 0 Å². The van der Waals surface area contributed by atoms with Crippen molar-refractivity contribution in [3.63, 3.8) is 0 Å². The van der Waals surface area contributed by atoms with Crippen LogP contribution in [0.15, 0.2) is 16.9 Å². The fourth-order valence-electron chi connectivity index (χ4n) is 2.95. The van der Waals surface area contributed by atoms with Crippen LogP contribution in [0, 0.1) is 13.8 Å². The number of aromatic nitrogens is 1. The summed E-state index contributed by atoms with van der Waals surface area (Å²) in [4.78, 5) is 14.8. The number of hydrogen-bond donors (Lipinski definition) is 2. The average molecular weight is 309 g/mol. The standard InChI is InChI=1S/C16H20N2O2.ClH/c1-8-5-11-10(3)16(4,7-17)20-14(11)12-6-9(2)15(19)18-13(8)12;/h5-6,10H,7,17H2,1-4H3,(H,18,19);1H. The molecule has 2 aromatic rings. The molecule has 2 unspecified atom stereocenters. The molecule has 0 bridgehead atoms. The lowest BCUT2D eigenvalue weighted by Crippen LogP contribution is -2.41. The number of ether oxygens (including phenoxy) is 1. The SMILES string of the molecule is Cc1cc2c3c(cc(C)c2[nH]c1=O)C(C)C(C)(CN)O3.Cl. The Labute approximate surface area is 130 Å². The predicted molar refractivity (Wildman–Crippen MR) is 87.8 cm³/mol. The van der Waals surface area contributed by atoms with Crippen LogP contribution in [0.4, 0.5) is 0 Å². The van der Waals surface area contributed by atoms with Gasteiger partial charge in [0.1, 0.15) is 11.4 Å². The maximum Gasteiger partial charge on any atom is 0.251 e. The van der Waals surface area contributed by atoms with Gasteiger partial charge >= 0.3 is 0 Å². The topological polar surface area (TPSA) is 68.1 Å². The summed E-state index contributed by atoms with van der Waals surface area (Å²) >= 11 is 0. The minimum atomic E-state index is -0.382. The number of aryl methyl sites for hydroxylation is 2. The molecule has 0 aliphatic carbocycles. The summed E-state index contributed by atoms with van der Waals surface area (Å²) in [5, 5.41) is 0.973. The normalized spacial score (nSPS) is 23.6. The molecule has 5 heteroatoms. The van der Waals surface area contributed by atoms with Crippen LogP contribution in [0.1, 0.15) is 36.5 Å². The number of halogens is 1. The van der Waals surface area contributed by atoms with Crippen molar-refractivity contribution in [2.75, 3.05) is 6.54 Å². The molecule has 4 nitrogen and oxygen atoms in total. The van der Waals surface area contributed by atoms with E-state index >= 15 is 0 Å². The number of hydrogen-bond acceptors (Lipinski definition) is 3. The number of fused-ring (bicyclic) bond motifs is 3. The van der Waals surface area contributed by atoms with Crippen molar-refractivity contribution in [2.45, 2.75) is 39.2 Å². The minimum Gasteiger partial charge on any atom is -0.485 e. The molecule has 3 rings (SSSR count). The van der Waals surface area contributed by atoms with Crippen LogP contribution in [-0.4, -0.2) is 17.1 Å².